The Bertz CT molecular complexity index is 1350. The molecule has 2 aromatic heterocycles. The van der Waals surface area contributed by atoms with E-state index in [4.69, 9.17) is 9.47 Å². The van der Waals surface area contributed by atoms with Crippen LogP contribution in [0.25, 0.3) is 10.8 Å². The van der Waals surface area contributed by atoms with E-state index < -0.39 is 0 Å². The van der Waals surface area contributed by atoms with Crippen LogP contribution in [-0.2, 0) is 24.2 Å². The average molecular weight is 459 g/mol. The molecule has 2 heterocycles. The van der Waals surface area contributed by atoms with Crippen molar-refractivity contribution in [3.63, 3.8) is 0 Å². The van der Waals surface area contributed by atoms with Gasteiger partial charge in [0.2, 0.25) is 5.91 Å². The number of fused-ring (bicyclic) bond motifs is 1. The summed E-state index contributed by atoms with van der Waals surface area (Å²) in [5.74, 6) is 1.15. The molecule has 0 spiro atoms. The molecule has 0 aliphatic rings. The minimum atomic E-state index is -0.296. The quantitative estimate of drug-likeness (QED) is 0.414. The third-order valence-electron chi connectivity index (χ3n) is 5.54. The Labute approximate surface area is 197 Å². The molecule has 174 valence electrons. The molecule has 0 unspecified atom stereocenters. The SMILES string of the molecule is COc1ccc(OC)c(CCNC(=O)Cn2nc(Cc3cccnc3)c3ccccc3c2=O)c1. The van der Waals surface area contributed by atoms with Gasteiger partial charge in [-0.15, -0.1) is 0 Å². The maximum atomic E-state index is 13.0. The van der Waals surface area contributed by atoms with Crippen LogP contribution in [0.3, 0.4) is 0 Å². The van der Waals surface area contributed by atoms with Crippen LogP contribution in [0.1, 0.15) is 16.8 Å². The third-order valence-corrected chi connectivity index (χ3v) is 5.54. The van der Waals surface area contributed by atoms with Crippen LogP contribution in [-0.4, -0.2) is 41.4 Å². The summed E-state index contributed by atoms with van der Waals surface area (Å²) in [6.07, 6.45) is 4.54. The lowest BCUT2D eigenvalue weighted by atomic mass is 10.1. The second-order valence-corrected chi connectivity index (χ2v) is 7.77. The van der Waals surface area contributed by atoms with E-state index in [1.54, 1.807) is 32.7 Å². The van der Waals surface area contributed by atoms with Crippen molar-refractivity contribution in [3.8, 4) is 11.5 Å². The van der Waals surface area contributed by atoms with Crippen LogP contribution in [0.15, 0.2) is 71.8 Å². The van der Waals surface area contributed by atoms with Crippen LogP contribution in [0.5, 0.6) is 11.5 Å². The highest BCUT2D eigenvalue weighted by Gasteiger charge is 2.14. The van der Waals surface area contributed by atoms with Gasteiger partial charge in [0.25, 0.3) is 5.56 Å². The van der Waals surface area contributed by atoms with Gasteiger partial charge in [0.15, 0.2) is 0 Å². The van der Waals surface area contributed by atoms with Gasteiger partial charge in [0.1, 0.15) is 18.0 Å². The van der Waals surface area contributed by atoms with Gasteiger partial charge in [-0.05, 0) is 47.9 Å². The molecule has 2 aromatic carbocycles. The summed E-state index contributed by atoms with van der Waals surface area (Å²) in [6.45, 7) is 0.214. The summed E-state index contributed by atoms with van der Waals surface area (Å²) < 4.78 is 11.9. The van der Waals surface area contributed by atoms with Crippen molar-refractivity contribution in [1.29, 1.82) is 0 Å². The lowest BCUT2D eigenvalue weighted by Crippen LogP contribution is -2.35. The molecule has 0 bridgehead atoms. The van der Waals surface area contributed by atoms with E-state index in [0.29, 0.717) is 24.8 Å². The first-order valence-electron chi connectivity index (χ1n) is 10.9. The van der Waals surface area contributed by atoms with Crippen molar-refractivity contribution in [2.24, 2.45) is 0 Å². The van der Waals surface area contributed by atoms with E-state index in [2.05, 4.69) is 15.4 Å². The molecule has 8 heteroatoms. The van der Waals surface area contributed by atoms with E-state index in [0.717, 1.165) is 33.7 Å². The van der Waals surface area contributed by atoms with Crippen LogP contribution in [0, 0.1) is 0 Å². The summed E-state index contributed by atoms with van der Waals surface area (Å²) in [5, 5.41) is 8.71. The number of carbonyl (C=O) groups is 1. The van der Waals surface area contributed by atoms with Gasteiger partial charge in [-0.2, -0.15) is 5.10 Å². The monoisotopic (exact) mass is 458 g/mol. The van der Waals surface area contributed by atoms with E-state index >= 15 is 0 Å². The van der Waals surface area contributed by atoms with Crippen LogP contribution in [0.2, 0.25) is 0 Å². The minimum absolute atomic E-state index is 0.168. The van der Waals surface area contributed by atoms with Crippen molar-refractivity contribution in [2.75, 3.05) is 20.8 Å². The topological polar surface area (TPSA) is 95.3 Å². The number of nitrogens with zero attached hydrogens (tertiary/aromatic N) is 3. The van der Waals surface area contributed by atoms with Gasteiger partial charge in [-0.1, -0.05) is 24.3 Å². The zero-order valence-electron chi connectivity index (χ0n) is 19.2. The van der Waals surface area contributed by atoms with Crippen molar-refractivity contribution < 1.29 is 14.3 Å². The molecule has 1 amide bonds. The van der Waals surface area contributed by atoms with Crippen LogP contribution < -0.4 is 20.3 Å². The Balaban J connectivity index is 1.50. The van der Waals surface area contributed by atoms with Gasteiger partial charge < -0.3 is 14.8 Å². The smallest absolute Gasteiger partial charge is 0.275 e. The molecular weight excluding hydrogens is 432 g/mol. The summed E-state index contributed by atoms with van der Waals surface area (Å²) in [6, 6.07) is 16.7. The molecule has 0 atom stereocenters. The number of nitrogens with one attached hydrogen (secondary N) is 1. The first-order valence-corrected chi connectivity index (χ1v) is 10.9. The number of methoxy groups -OCH3 is 2. The number of ether oxygens (including phenoxy) is 2. The molecule has 34 heavy (non-hydrogen) atoms. The number of benzene rings is 2. The number of amides is 1. The van der Waals surface area contributed by atoms with Crippen molar-refractivity contribution in [2.45, 2.75) is 19.4 Å². The number of pyridine rings is 1. The second kappa shape index (κ2) is 10.6. The Morgan fingerprint density at radius 1 is 1.03 bits per heavy atom. The van der Waals surface area contributed by atoms with E-state index in [9.17, 15) is 9.59 Å². The summed E-state index contributed by atoms with van der Waals surface area (Å²) in [4.78, 5) is 29.8. The molecule has 0 fully saturated rings. The molecule has 8 nitrogen and oxygen atoms in total. The summed E-state index contributed by atoms with van der Waals surface area (Å²) in [5.41, 5.74) is 2.32. The average Bonchev–Trinajstić information content (AvgIpc) is 2.87. The Hall–Kier alpha value is -4.20. The molecule has 0 saturated carbocycles. The molecule has 0 aliphatic heterocycles. The zero-order chi connectivity index (χ0) is 23.9. The maximum Gasteiger partial charge on any atom is 0.275 e. The van der Waals surface area contributed by atoms with Crippen molar-refractivity contribution >= 4 is 16.7 Å². The lowest BCUT2D eigenvalue weighted by Gasteiger charge is -2.13. The molecular formula is C26H26N4O4. The Kier molecular flexibility index (Phi) is 7.17. The summed E-state index contributed by atoms with van der Waals surface area (Å²) >= 11 is 0. The van der Waals surface area contributed by atoms with Crippen LogP contribution in [0.4, 0.5) is 0 Å². The van der Waals surface area contributed by atoms with Gasteiger partial charge in [0, 0.05) is 30.7 Å². The molecule has 0 aliphatic carbocycles. The number of hydrogen-bond donors (Lipinski definition) is 1. The largest absolute Gasteiger partial charge is 0.497 e. The van der Waals surface area contributed by atoms with Crippen molar-refractivity contribution in [3.05, 3.63) is 94.2 Å². The molecule has 0 saturated heterocycles. The predicted molar refractivity (Wildman–Crippen MR) is 129 cm³/mol. The minimum Gasteiger partial charge on any atom is -0.497 e. The number of aromatic nitrogens is 3. The predicted octanol–water partition coefficient (Wildman–Crippen LogP) is 2.76. The highest BCUT2D eigenvalue weighted by Crippen LogP contribution is 2.24. The molecule has 0 radical (unpaired) electrons. The van der Waals surface area contributed by atoms with Gasteiger partial charge >= 0.3 is 0 Å². The Morgan fingerprint density at radius 3 is 2.59 bits per heavy atom. The Morgan fingerprint density at radius 2 is 1.85 bits per heavy atom. The fourth-order valence-electron chi connectivity index (χ4n) is 3.84. The normalized spacial score (nSPS) is 10.8. The molecule has 1 N–H and O–H groups in total. The molecule has 4 rings (SSSR count). The van der Waals surface area contributed by atoms with Gasteiger partial charge in [-0.25, -0.2) is 4.68 Å². The first-order chi connectivity index (χ1) is 16.6. The first kappa shape index (κ1) is 23.0. The van der Waals surface area contributed by atoms with Crippen molar-refractivity contribution in [1.82, 2.24) is 20.1 Å². The number of carbonyl (C=O) groups excluding carboxylic acids is 1. The standard InChI is InChI=1S/C26H26N4O4/c1-33-20-9-10-24(34-2)19(15-20)11-13-28-25(31)17-30-26(32)22-8-4-3-7-21(22)23(29-30)14-18-6-5-12-27-16-18/h3-10,12,15-16H,11,13-14,17H2,1-2H3,(H,28,31). The molecule has 4 aromatic rings. The second-order valence-electron chi connectivity index (χ2n) is 7.77. The van der Waals surface area contributed by atoms with E-state index in [-0.39, 0.29) is 18.0 Å². The number of hydrogen-bond acceptors (Lipinski definition) is 6. The fourth-order valence-corrected chi connectivity index (χ4v) is 3.84. The maximum absolute atomic E-state index is 13.0. The number of rotatable bonds is 9. The zero-order valence-corrected chi connectivity index (χ0v) is 19.2. The third kappa shape index (κ3) is 5.23. The fraction of sp³-hybridized carbons (Fsp3) is 0.231. The van der Waals surface area contributed by atoms with Gasteiger partial charge in [0.05, 0.1) is 25.3 Å². The summed E-state index contributed by atoms with van der Waals surface area (Å²) in [7, 11) is 3.20. The lowest BCUT2D eigenvalue weighted by molar-refractivity contribution is -0.121. The van der Waals surface area contributed by atoms with E-state index in [1.807, 2.05) is 48.5 Å². The van der Waals surface area contributed by atoms with E-state index in [1.165, 1.54) is 4.68 Å². The van der Waals surface area contributed by atoms with Crippen LogP contribution >= 0.6 is 0 Å². The van der Waals surface area contributed by atoms with Gasteiger partial charge in [-0.3, -0.25) is 14.6 Å². The highest BCUT2D eigenvalue weighted by atomic mass is 16.5. The highest BCUT2D eigenvalue weighted by molar-refractivity contribution is 5.84.